The first-order chi connectivity index (χ1) is 17.1. The Balaban J connectivity index is 2.03. The summed E-state index contributed by atoms with van der Waals surface area (Å²) in [5.41, 5.74) is 1.80. The molecule has 3 aromatic rings. The molecule has 36 heavy (non-hydrogen) atoms. The van der Waals surface area contributed by atoms with Crippen molar-refractivity contribution in [1.82, 2.24) is 10.2 Å². The Labute approximate surface area is 221 Å². The van der Waals surface area contributed by atoms with Gasteiger partial charge in [-0.2, -0.15) is 0 Å². The van der Waals surface area contributed by atoms with Crippen LogP contribution >= 0.6 is 23.2 Å². The number of hydrogen-bond donors (Lipinski definition) is 1. The molecule has 10 heteroatoms. The van der Waals surface area contributed by atoms with Crippen LogP contribution in [0.15, 0.2) is 78.9 Å². The number of nitrogens with one attached hydrogen (secondary N) is 1. The van der Waals surface area contributed by atoms with Gasteiger partial charge in [-0.05, 0) is 41.5 Å². The average molecular weight is 548 g/mol. The molecule has 0 bridgehead atoms. The molecule has 0 aliphatic carbocycles. The molecule has 0 aromatic heterocycles. The maximum atomic E-state index is 13.8. The van der Waals surface area contributed by atoms with Crippen LogP contribution in [-0.4, -0.2) is 51.0 Å². The summed E-state index contributed by atoms with van der Waals surface area (Å²) in [6.45, 7) is -0.459. The zero-order valence-electron chi connectivity index (χ0n) is 19.9. The van der Waals surface area contributed by atoms with Gasteiger partial charge in [0.25, 0.3) is 0 Å². The van der Waals surface area contributed by atoms with Crippen molar-refractivity contribution in [3.05, 3.63) is 100 Å². The third-order valence-electron chi connectivity index (χ3n) is 5.53. The van der Waals surface area contributed by atoms with Gasteiger partial charge in [0.15, 0.2) is 0 Å². The molecule has 1 N–H and O–H groups in total. The maximum Gasteiger partial charge on any atom is 0.244 e. The van der Waals surface area contributed by atoms with E-state index in [0.717, 1.165) is 16.1 Å². The van der Waals surface area contributed by atoms with Crippen molar-refractivity contribution in [2.75, 3.05) is 24.2 Å². The molecule has 0 aliphatic rings. The highest BCUT2D eigenvalue weighted by molar-refractivity contribution is 7.92. The Hall–Kier alpha value is -3.07. The number of hydrogen-bond acceptors (Lipinski definition) is 4. The van der Waals surface area contributed by atoms with Gasteiger partial charge in [-0.25, -0.2) is 8.42 Å². The normalized spacial score (nSPS) is 12.0. The van der Waals surface area contributed by atoms with Crippen LogP contribution in [0.1, 0.15) is 11.1 Å². The smallest absolute Gasteiger partial charge is 0.244 e. The largest absolute Gasteiger partial charge is 0.357 e. The van der Waals surface area contributed by atoms with E-state index in [1.807, 2.05) is 30.3 Å². The van der Waals surface area contributed by atoms with Crippen LogP contribution in [0, 0.1) is 0 Å². The Bertz CT molecular complexity index is 1320. The zero-order chi connectivity index (χ0) is 26.3. The average Bonchev–Trinajstić information content (AvgIpc) is 2.84. The number of likely N-dealkylation sites (N-methyl/N-ethyl adjacent to an activating group) is 1. The minimum Gasteiger partial charge on any atom is -0.357 e. The van der Waals surface area contributed by atoms with Gasteiger partial charge in [-0.3, -0.25) is 13.9 Å². The molecule has 3 aromatic carbocycles. The minimum absolute atomic E-state index is 0.0530. The highest BCUT2D eigenvalue weighted by atomic mass is 35.5. The van der Waals surface area contributed by atoms with Crippen LogP contribution in [0.3, 0.4) is 0 Å². The van der Waals surface area contributed by atoms with Crippen molar-refractivity contribution in [1.29, 1.82) is 0 Å². The van der Waals surface area contributed by atoms with Crippen LogP contribution in [0.5, 0.6) is 0 Å². The summed E-state index contributed by atoms with van der Waals surface area (Å²) in [6, 6.07) is 21.6. The number of carbonyl (C=O) groups excluding carboxylic acids is 2. The summed E-state index contributed by atoms with van der Waals surface area (Å²) in [7, 11) is -2.35. The van der Waals surface area contributed by atoms with E-state index in [0.29, 0.717) is 15.6 Å². The minimum atomic E-state index is -3.85. The van der Waals surface area contributed by atoms with Crippen LogP contribution in [0.2, 0.25) is 10.0 Å². The molecule has 190 valence electrons. The van der Waals surface area contributed by atoms with E-state index in [4.69, 9.17) is 23.2 Å². The molecule has 0 saturated heterocycles. The lowest BCUT2D eigenvalue weighted by molar-refractivity contribution is -0.139. The number of amides is 2. The molecule has 0 unspecified atom stereocenters. The van der Waals surface area contributed by atoms with E-state index in [2.05, 4.69) is 5.32 Å². The van der Waals surface area contributed by atoms with Crippen LogP contribution in [-0.2, 0) is 32.6 Å². The summed E-state index contributed by atoms with van der Waals surface area (Å²) in [5.74, 6) is -0.923. The summed E-state index contributed by atoms with van der Waals surface area (Å²) in [6.07, 6.45) is 1.26. The quantitative estimate of drug-likeness (QED) is 0.413. The topological polar surface area (TPSA) is 86.8 Å². The number of rotatable bonds is 10. The number of benzene rings is 3. The van der Waals surface area contributed by atoms with Crippen molar-refractivity contribution in [2.24, 2.45) is 0 Å². The second-order valence-electron chi connectivity index (χ2n) is 8.22. The van der Waals surface area contributed by atoms with Gasteiger partial charge in [0.2, 0.25) is 21.8 Å². The van der Waals surface area contributed by atoms with Crippen molar-refractivity contribution in [3.8, 4) is 0 Å². The highest BCUT2D eigenvalue weighted by Gasteiger charge is 2.32. The summed E-state index contributed by atoms with van der Waals surface area (Å²) in [5, 5.41) is 3.45. The van der Waals surface area contributed by atoms with Gasteiger partial charge < -0.3 is 10.2 Å². The standard InChI is InChI=1S/C26H27Cl2N3O4S/c1-29-26(33)24(15-19-8-4-3-5-9-19)30(17-20-10-6-11-21(27)14-20)25(32)18-31(36(2,34)35)23-13-7-12-22(28)16-23/h3-14,16,24H,15,17-18H2,1-2H3,(H,29,33)/t24-/m0/s1. The van der Waals surface area contributed by atoms with E-state index in [-0.39, 0.29) is 24.6 Å². The number of sulfonamides is 1. The van der Waals surface area contributed by atoms with Crippen molar-refractivity contribution in [3.63, 3.8) is 0 Å². The monoisotopic (exact) mass is 547 g/mol. The fourth-order valence-electron chi connectivity index (χ4n) is 3.80. The third kappa shape index (κ3) is 7.46. The van der Waals surface area contributed by atoms with E-state index in [1.54, 1.807) is 42.5 Å². The van der Waals surface area contributed by atoms with Gasteiger partial charge in [0.05, 0.1) is 11.9 Å². The molecule has 7 nitrogen and oxygen atoms in total. The fraction of sp³-hybridized carbons (Fsp3) is 0.231. The number of nitrogens with zero attached hydrogens (tertiary/aromatic N) is 2. The lowest BCUT2D eigenvalue weighted by atomic mass is 10.0. The van der Waals surface area contributed by atoms with Crippen molar-refractivity contribution in [2.45, 2.75) is 19.0 Å². The third-order valence-corrected chi connectivity index (χ3v) is 7.15. The molecular weight excluding hydrogens is 521 g/mol. The molecule has 1 atom stereocenters. The summed E-state index contributed by atoms with van der Waals surface area (Å²) < 4.78 is 26.3. The molecule has 3 rings (SSSR count). The molecule has 0 radical (unpaired) electrons. The number of anilines is 1. The SMILES string of the molecule is CNC(=O)[C@H](Cc1ccccc1)N(Cc1cccc(Cl)c1)C(=O)CN(c1cccc(Cl)c1)S(C)(=O)=O. The Kier molecular flexibility index (Phi) is 9.37. The van der Waals surface area contributed by atoms with Gasteiger partial charge in [0.1, 0.15) is 12.6 Å². The lowest BCUT2D eigenvalue weighted by Gasteiger charge is -2.33. The van der Waals surface area contributed by atoms with Crippen molar-refractivity contribution < 1.29 is 18.0 Å². The van der Waals surface area contributed by atoms with Gasteiger partial charge in [-0.15, -0.1) is 0 Å². The molecule has 0 saturated carbocycles. The lowest BCUT2D eigenvalue weighted by Crippen LogP contribution is -2.52. The number of carbonyl (C=O) groups is 2. The summed E-state index contributed by atoms with van der Waals surface area (Å²) >= 11 is 12.2. The van der Waals surface area contributed by atoms with E-state index < -0.39 is 28.5 Å². The first kappa shape index (κ1) is 27.5. The highest BCUT2D eigenvalue weighted by Crippen LogP contribution is 2.23. The molecule has 2 amide bonds. The molecule has 0 aliphatic heterocycles. The Morgan fingerprint density at radius 2 is 1.50 bits per heavy atom. The molecule has 0 heterocycles. The predicted molar refractivity (Wildman–Crippen MR) is 144 cm³/mol. The Morgan fingerprint density at radius 3 is 2.08 bits per heavy atom. The molecule has 0 fully saturated rings. The van der Waals surface area contributed by atoms with Gasteiger partial charge in [0, 0.05) is 30.1 Å². The molecular formula is C26H27Cl2N3O4S. The van der Waals surface area contributed by atoms with Crippen LogP contribution < -0.4 is 9.62 Å². The second kappa shape index (κ2) is 12.3. The first-order valence-electron chi connectivity index (χ1n) is 11.1. The summed E-state index contributed by atoms with van der Waals surface area (Å²) in [4.78, 5) is 28.2. The van der Waals surface area contributed by atoms with Crippen LogP contribution in [0.4, 0.5) is 5.69 Å². The Morgan fingerprint density at radius 1 is 0.889 bits per heavy atom. The maximum absolute atomic E-state index is 13.8. The van der Waals surface area contributed by atoms with E-state index in [9.17, 15) is 18.0 Å². The first-order valence-corrected chi connectivity index (χ1v) is 13.7. The number of halogens is 2. The van der Waals surface area contributed by atoms with Gasteiger partial charge >= 0.3 is 0 Å². The second-order valence-corrected chi connectivity index (χ2v) is 11.0. The molecule has 0 spiro atoms. The van der Waals surface area contributed by atoms with Gasteiger partial charge in [-0.1, -0.05) is 71.7 Å². The zero-order valence-corrected chi connectivity index (χ0v) is 22.2. The fourth-order valence-corrected chi connectivity index (χ4v) is 5.04. The predicted octanol–water partition coefficient (Wildman–Crippen LogP) is 4.15. The van der Waals surface area contributed by atoms with Crippen molar-refractivity contribution >= 4 is 50.7 Å². The van der Waals surface area contributed by atoms with E-state index >= 15 is 0 Å². The van der Waals surface area contributed by atoms with E-state index in [1.165, 1.54) is 18.0 Å². The van der Waals surface area contributed by atoms with Crippen LogP contribution in [0.25, 0.3) is 0 Å².